The van der Waals surface area contributed by atoms with Gasteiger partial charge in [0, 0.05) is 51.2 Å². The summed E-state index contributed by atoms with van der Waals surface area (Å²) in [5.41, 5.74) is 1.69. The van der Waals surface area contributed by atoms with Gasteiger partial charge in [0.2, 0.25) is 0 Å². The molecule has 5 heteroatoms. The summed E-state index contributed by atoms with van der Waals surface area (Å²) in [5.74, 6) is 1.03. The average molecular weight is 345 g/mol. The van der Waals surface area contributed by atoms with Gasteiger partial charge in [-0.05, 0) is 12.0 Å². The Hall–Kier alpha value is -1.59. The second-order valence-electron chi connectivity index (χ2n) is 7.56. The molecule has 2 aliphatic heterocycles. The normalized spacial score (nSPS) is 22.4. The van der Waals surface area contributed by atoms with Gasteiger partial charge in [0.25, 0.3) is 0 Å². The first-order chi connectivity index (χ1) is 12.1. The monoisotopic (exact) mass is 344 g/mol. The predicted molar refractivity (Wildman–Crippen MR) is 103 cm³/mol. The number of benzene rings is 1. The van der Waals surface area contributed by atoms with Gasteiger partial charge in [-0.15, -0.1) is 0 Å². The van der Waals surface area contributed by atoms with Gasteiger partial charge in [0.05, 0.1) is 13.2 Å². The van der Waals surface area contributed by atoms with Gasteiger partial charge >= 0.3 is 0 Å². The lowest BCUT2D eigenvalue weighted by molar-refractivity contribution is -0.0973. The highest BCUT2D eigenvalue weighted by Crippen LogP contribution is 2.26. The number of hydrogen-bond acceptors (Lipinski definition) is 3. The van der Waals surface area contributed by atoms with Crippen LogP contribution in [-0.2, 0) is 4.74 Å². The summed E-state index contributed by atoms with van der Waals surface area (Å²) < 4.78 is 5.34. The molecule has 2 heterocycles. The zero-order chi connectivity index (χ0) is 17.7. The molecule has 2 fully saturated rings. The summed E-state index contributed by atoms with van der Waals surface area (Å²) in [5, 5.41) is 3.55. The van der Waals surface area contributed by atoms with E-state index in [1.165, 1.54) is 5.56 Å². The van der Waals surface area contributed by atoms with Crippen LogP contribution in [0.1, 0.15) is 31.9 Å². The molecule has 0 saturated carbocycles. The van der Waals surface area contributed by atoms with Gasteiger partial charge in [0.15, 0.2) is 5.96 Å². The summed E-state index contributed by atoms with van der Waals surface area (Å²) in [6.07, 6.45) is 1.15. The SMILES string of the molecule is CCC(c1ccccc1)N1CCN(C(=NC)NCC2(C)COC2)CC1. The lowest BCUT2D eigenvalue weighted by atomic mass is 9.89. The first-order valence-corrected chi connectivity index (χ1v) is 9.47. The van der Waals surface area contributed by atoms with Gasteiger partial charge in [-0.1, -0.05) is 44.2 Å². The van der Waals surface area contributed by atoms with Crippen molar-refractivity contribution in [2.75, 3.05) is 53.0 Å². The number of aliphatic imine (C=N–C) groups is 1. The predicted octanol–water partition coefficient (Wildman–Crippen LogP) is 2.37. The van der Waals surface area contributed by atoms with Gasteiger partial charge < -0.3 is 15.0 Å². The summed E-state index contributed by atoms with van der Waals surface area (Å²) >= 11 is 0. The van der Waals surface area contributed by atoms with E-state index in [1.54, 1.807) is 0 Å². The van der Waals surface area contributed by atoms with Crippen molar-refractivity contribution >= 4 is 5.96 Å². The quantitative estimate of drug-likeness (QED) is 0.658. The number of nitrogens with zero attached hydrogens (tertiary/aromatic N) is 3. The highest BCUT2D eigenvalue weighted by Gasteiger charge is 2.34. The topological polar surface area (TPSA) is 40.1 Å². The van der Waals surface area contributed by atoms with Crippen molar-refractivity contribution in [2.45, 2.75) is 26.3 Å². The second kappa shape index (κ2) is 8.19. The molecule has 1 unspecified atom stereocenters. The van der Waals surface area contributed by atoms with Crippen LogP contribution in [-0.4, -0.2) is 68.7 Å². The summed E-state index contributed by atoms with van der Waals surface area (Å²) in [6.45, 7) is 11.4. The maximum atomic E-state index is 5.34. The van der Waals surface area contributed by atoms with E-state index in [1.807, 2.05) is 7.05 Å². The molecule has 25 heavy (non-hydrogen) atoms. The third kappa shape index (κ3) is 4.33. The Labute approximate surface area is 152 Å². The van der Waals surface area contributed by atoms with E-state index in [2.05, 4.69) is 64.3 Å². The standard InChI is InChI=1S/C20H32N4O/c1-4-18(17-8-6-5-7-9-17)23-10-12-24(13-11-23)19(21-3)22-14-20(2)15-25-16-20/h5-9,18H,4,10-16H2,1-3H3,(H,21,22). The minimum atomic E-state index is 0.262. The molecular weight excluding hydrogens is 312 g/mol. The van der Waals surface area contributed by atoms with Crippen molar-refractivity contribution in [3.63, 3.8) is 0 Å². The molecule has 1 N–H and O–H groups in total. The van der Waals surface area contributed by atoms with E-state index in [9.17, 15) is 0 Å². The molecule has 2 saturated heterocycles. The maximum absolute atomic E-state index is 5.34. The number of guanidine groups is 1. The van der Waals surface area contributed by atoms with E-state index >= 15 is 0 Å². The van der Waals surface area contributed by atoms with Gasteiger partial charge in [-0.3, -0.25) is 9.89 Å². The maximum Gasteiger partial charge on any atom is 0.193 e. The summed E-state index contributed by atoms with van der Waals surface area (Å²) in [4.78, 5) is 9.49. The molecule has 138 valence electrons. The zero-order valence-corrected chi connectivity index (χ0v) is 15.9. The van der Waals surface area contributed by atoms with Gasteiger partial charge in [-0.25, -0.2) is 0 Å². The highest BCUT2D eigenvalue weighted by atomic mass is 16.5. The molecule has 0 amide bonds. The van der Waals surface area contributed by atoms with Crippen LogP contribution in [0.5, 0.6) is 0 Å². The largest absolute Gasteiger partial charge is 0.380 e. The molecule has 3 rings (SSSR count). The number of nitrogens with one attached hydrogen (secondary N) is 1. The Morgan fingerprint density at radius 3 is 2.40 bits per heavy atom. The van der Waals surface area contributed by atoms with E-state index in [-0.39, 0.29) is 5.41 Å². The Morgan fingerprint density at radius 1 is 1.20 bits per heavy atom. The van der Waals surface area contributed by atoms with Crippen LogP contribution in [0.15, 0.2) is 35.3 Å². The minimum Gasteiger partial charge on any atom is -0.380 e. The van der Waals surface area contributed by atoms with Crippen molar-refractivity contribution in [3.8, 4) is 0 Å². The van der Waals surface area contributed by atoms with E-state index in [0.717, 1.165) is 58.3 Å². The van der Waals surface area contributed by atoms with E-state index in [0.29, 0.717) is 6.04 Å². The molecule has 1 aromatic rings. The lowest BCUT2D eigenvalue weighted by Gasteiger charge is -2.42. The third-order valence-corrected chi connectivity index (χ3v) is 5.41. The third-order valence-electron chi connectivity index (χ3n) is 5.41. The van der Waals surface area contributed by atoms with Crippen molar-refractivity contribution in [1.29, 1.82) is 0 Å². The molecule has 5 nitrogen and oxygen atoms in total. The Bertz CT molecular complexity index is 562. The molecule has 2 aliphatic rings. The fourth-order valence-corrected chi connectivity index (χ4v) is 3.80. The number of piperazine rings is 1. The fourth-order valence-electron chi connectivity index (χ4n) is 3.80. The van der Waals surface area contributed by atoms with E-state index < -0.39 is 0 Å². The number of ether oxygens (including phenoxy) is 1. The van der Waals surface area contributed by atoms with E-state index in [4.69, 9.17) is 4.74 Å². The molecule has 1 atom stereocenters. The second-order valence-corrected chi connectivity index (χ2v) is 7.56. The molecular formula is C20H32N4O. The first kappa shape index (κ1) is 18.2. The van der Waals surface area contributed by atoms with Crippen LogP contribution in [0.25, 0.3) is 0 Å². The molecule has 0 spiro atoms. The fraction of sp³-hybridized carbons (Fsp3) is 0.650. The zero-order valence-electron chi connectivity index (χ0n) is 15.9. The molecule has 0 radical (unpaired) electrons. The van der Waals surface area contributed by atoms with Crippen molar-refractivity contribution < 1.29 is 4.74 Å². The van der Waals surface area contributed by atoms with Crippen molar-refractivity contribution in [3.05, 3.63) is 35.9 Å². The van der Waals surface area contributed by atoms with Crippen LogP contribution in [0.2, 0.25) is 0 Å². The van der Waals surface area contributed by atoms with Gasteiger partial charge in [0.1, 0.15) is 0 Å². The highest BCUT2D eigenvalue weighted by molar-refractivity contribution is 5.80. The summed E-state index contributed by atoms with van der Waals surface area (Å²) in [6, 6.07) is 11.4. The average Bonchev–Trinajstić information content (AvgIpc) is 2.63. The number of rotatable bonds is 5. The van der Waals surface area contributed by atoms with Crippen molar-refractivity contribution in [2.24, 2.45) is 10.4 Å². The molecule has 0 aliphatic carbocycles. The minimum absolute atomic E-state index is 0.262. The van der Waals surface area contributed by atoms with Crippen LogP contribution < -0.4 is 5.32 Å². The van der Waals surface area contributed by atoms with Gasteiger partial charge in [-0.2, -0.15) is 0 Å². The number of hydrogen-bond donors (Lipinski definition) is 1. The summed E-state index contributed by atoms with van der Waals surface area (Å²) in [7, 11) is 1.88. The van der Waals surface area contributed by atoms with Crippen LogP contribution in [0.4, 0.5) is 0 Å². The van der Waals surface area contributed by atoms with Crippen LogP contribution >= 0.6 is 0 Å². The molecule has 0 aromatic heterocycles. The Kier molecular flexibility index (Phi) is 5.97. The Balaban J connectivity index is 1.53. The van der Waals surface area contributed by atoms with Crippen molar-refractivity contribution in [1.82, 2.24) is 15.1 Å². The molecule has 1 aromatic carbocycles. The Morgan fingerprint density at radius 2 is 1.88 bits per heavy atom. The molecule has 0 bridgehead atoms. The lowest BCUT2D eigenvalue weighted by Crippen LogP contribution is -2.56. The van der Waals surface area contributed by atoms with Crippen LogP contribution in [0.3, 0.4) is 0 Å². The smallest absolute Gasteiger partial charge is 0.193 e. The van der Waals surface area contributed by atoms with Crippen LogP contribution in [0, 0.1) is 5.41 Å². The first-order valence-electron chi connectivity index (χ1n) is 9.47.